The maximum absolute atomic E-state index is 5.88. The summed E-state index contributed by atoms with van der Waals surface area (Å²) in [4.78, 5) is 0. The molecule has 1 heterocycles. The minimum Gasteiger partial charge on any atom is -0.493 e. The summed E-state index contributed by atoms with van der Waals surface area (Å²) in [5.74, 6) is 1.50. The largest absolute Gasteiger partial charge is 0.493 e. The van der Waals surface area contributed by atoms with Crippen LogP contribution in [0.2, 0.25) is 0 Å². The van der Waals surface area contributed by atoms with Gasteiger partial charge in [0.25, 0.3) is 0 Å². The van der Waals surface area contributed by atoms with Crippen LogP contribution in [0, 0.1) is 12.8 Å². The van der Waals surface area contributed by atoms with Crippen molar-refractivity contribution in [3.05, 3.63) is 29.3 Å². The third-order valence-corrected chi connectivity index (χ3v) is 2.89. The van der Waals surface area contributed by atoms with E-state index < -0.39 is 0 Å². The molecule has 0 radical (unpaired) electrons. The Morgan fingerprint density at radius 2 is 2.29 bits per heavy atom. The molecule has 0 aliphatic carbocycles. The number of rotatable bonds is 1. The summed E-state index contributed by atoms with van der Waals surface area (Å²) in [6, 6.07) is 6.56. The lowest BCUT2D eigenvalue weighted by molar-refractivity contribution is 0.204. The molecule has 0 amide bonds. The third kappa shape index (κ3) is 1.75. The van der Waals surface area contributed by atoms with Crippen LogP contribution in [0.25, 0.3) is 0 Å². The van der Waals surface area contributed by atoms with Gasteiger partial charge in [-0.25, -0.2) is 0 Å². The van der Waals surface area contributed by atoms with Crippen LogP contribution in [-0.4, -0.2) is 12.6 Å². The summed E-state index contributed by atoms with van der Waals surface area (Å²) < 4.78 is 5.67. The zero-order chi connectivity index (χ0) is 10.1. The number of nitrogens with two attached hydrogens (primary N) is 1. The fourth-order valence-corrected chi connectivity index (χ4v) is 1.88. The Balaban J connectivity index is 2.24. The SMILES string of the molecule is Cc1ccc2c(c1)CC([C@H](C)N)CO2. The highest BCUT2D eigenvalue weighted by atomic mass is 16.5. The van der Waals surface area contributed by atoms with Gasteiger partial charge in [0.05, 0.1) is 6.61 Å². The zero-order valence-electron chi connectivity index (χ0n) is 8.79. The smallest absolute Gasteiger partial charge is 0.122 e. The van der Waals surface area contributed by atoms with E-state index in [-0.39, 0.29) is 6.04 Å². The monoisotopic (exact) mass is 191 g/mol. The Hall–Kier alpha value is -1.02. The standard InChI is InChI=1S/C12H17NO/c1-8-3-4-12-10(5-8)6-11(7-14-12)9(2)13/h3-5,9,11H,6-7,13H2,1-2H3/t9-,11?/m0/s1. The molecule has 0 saturated heterocycles. The molecule has 14 heavy (non-hydrogen) atoms. The molecule has 0 aromatic heterocycles. The van der Waals surface area contributed by atoms with Crippen LogP contribution in [0.15, 0.2) is 18.2 Å². The van der Waals surface area contributed by atoms with Gasteiger partial charge in [-0.2, -0.15) is 0 Å². The van der Waals surface area contributed by atoms with Crippen LogP contribution in [-0.2, 0) is 6.42 Å². The minimum atomic E-state index is 0.212. The highest BCUT2D eigenvalue weighted by Crippen LogP contribution is 2.28. The third-order valence-electron chi connectivity index (χ3n) is 2.89. The van der Waals surface area contributed by atoms with E-state index in [2.05, 4.69) is 32.0 Å². The molecule has 1 aliphatic heterocycles. The van der Waals surface area contributed by atoms with Crippen molar-refractivity contribution in [2.45, 2.75) is 26.3 Å². The number of hydrogen-bond acceptors (Lipinski definition) is 2. The van der Waals surface area contributed by atoms with Crippen LogP contribution in [0.1, 0.15) is 18.1 Å². The van der Waals surface area contributed by atoms with Gasteiger partial charge in [-0.1, -0.05) is 17.7 Å². The molecule has 1 unspecified atom stereocenters. The van der Waals surface area contributed by atoms with E-state index in [0.717, 1.165) is 18.8 Å². The van der Waals surface area contributed by atoms with E-state index in [4.69, 9.17) is 10.5 Å². The van der Waals surface area contributed by atoms with E-state index in [0.29, 0.717) is 5.92 Å². The molecule has 1 aromatic rings. The summed E-state index contributed by atoms with van der Waals surface area (Å²) in [6.45, 7) is 4.91. The topological polar surface area (TPSA) is 35.2 Å². The lowest BCUT2D eigenvalue weighted by atomic mass is 9.91. The van der Waals surface area contributed by atoms with Crippen LogP contribution in [0.5, 0.6) is 5.75 Å². The van der Waals surface area contributed by atoms with Crippen molar-refractivity contribution >= 4 is 0 Å². The van der Waals surface area contributed by atoms with Crippen LogP contribution < -0.4 is 10.5 Å². The first-order valence-corrected chi connectivity index (χ1v) is 5.14. The number of ether oxygens (including phenoxy) is 1. The maximum Gasteiger partial charge on any atom is 0.122 e. The Kier molecular flexibility index (Phi) is 2.46. The molecule has 1 aromatic carbocycles. The predicted octanol–water partition coefficient (Wildman–Crippen LogP) is 1.89. The molecule has 2 rings (SSSR count). The lowest BCUT2D eigenvalue weighted by Crippen LogP contribution is -2.35. The van der Waals surface area contributed by atoms with Crippen molar-refractivity contribution < 1.29 is 4.74 Å². The number of benzene rings is 1. The second-order valence-electron chi connectivity index (χ2n) is 4.25. The molecule has 2 atom stereocenters. The van der Waals surface area contributed by atoms with Gasteiger partial charge in [0, 0.05) is 12.0 Å². The molecule has 0 fully saturated rings. The Morgan fingerprint density at radius 1 is 1.50 bits per heavy atom. The van der Waals surface area contributed by atoms with Gasteiger partial charge in [-0.3, -0.25) is 0 Å². The van der Waals surface area contributed by atoms with Crippen LogP contribution in [0.3, 0.4) is 0 Å². The van der Waals surface area contributed by atoms with Crippen molar-refractivity contribution in [1.82, 2.24) is 0 Å². The fourth-order valence-electron chi connectivity index (χ4n) is 1.88. The highest BCUT2D eigenvalue weighted by molar-refractivity contribution is 5.38. The maximum atomic E-state index is 5.88. The fraction of sp³-hybridized carbons (Fsp3) is 0.500. The number of hydrogen-bond donors (Lipinski definition) is 1. The van der Waals surface area contributed by atoms with Crippen molar-refractivity contribution in [2.24, 2.45) is 11.7 Å². The first kappa shape index (κ1) is 9.53. The second kappa shape index (κ2) is 3.62. The molecule has 2 N–H and O–H groups in total. The van der Waals surface area contributed by atoms with Gasteiger partial charge in [0.15, 0.2) is 0 Å². The van der Waals surface area contributed by atoms with Crippen molar-refractivity contribution in [3.8, 4) is 5.75 Å². The zero-order valence-corrected chi connectivity index (χ0v) is 8.79. The highest BCUT2D eigenvalue weighted by Gasteiger charge is 2.22. The lowest BCUT2D eigenvalue weighted by Gasteiger charge is -2.27. The van der Waals surface area contributed by atoms with Gasteiger partial charge in [0.2, 0.25) is 0 Å². The minimum absolute atomic E-state index is 0.212. The summed E-state index contributed by atoms with van der Waals surface area (Å²) in [7, 11) is 0. The Morgan fingerprint density at radius 3 is 3.00 bits per heavy atom. The quantitative estimate of drug-likeness (QED) is 0.735. The first-order chi connectivity index (χ1) is 6.66. The molecule has 0 saturated carbocycles. The van der Waals surface area contributed by atoms with E-state index in [1.165, 1.54) is 11.1 Å². The molecular weight excluding hydrogens is 174 g/mol. The molecule has 0 bridgehead atoms. The van der Waals surface area contributed by atoms with Crippen molar-refractivity contribution in [3.63, 3.8) is 0 Å². The van der Waals surface area contributed by atoms with Crippen molar-refractivity contribution in [2.75, 3.05) is 6.61 Å². The average molecular weight is 191 g/mol. The molecule has 2 heteroatoms. The Labute approximate surface area is 85.1 Å². The normalized spacial score (nSPS) is 22.4. The summed E-state index contributed by atoms with van der Waals surface area (Å²) in [6.07, 6.45) is 1.05. The predicted molar refractivity (Wildman–Crippen MR) is 57.5 cm³/mol. The van der Waals surface area contributed by atoms with Gasteiger partial charge in [-0.05, 0) is 31.9 Å². The summed E-state index contributed by atoms with van der Waals surface area (Å²) in [5, 5.41) is 0. The molecular formula is C12H17NO. The van der Waals surface area contributed by atoms with Gasteiger partial charge < -0.3 is 10.5 Å². The van der Waals surface area contributed by atoms with Gasteiger partial charge in [0.1, 0.15) is 5.75 Å². The number of fused-ring (bicyclic) bond motifs is 1. The van der Waals surface area contributed by atoms with Gasteiger partial charge >= 0.3 is 0 Å². The van der Waals surface area contributed by atoms with Crippen LogP contribution in [0.4, 0.5) is 0 Å². The summed E-state index contributed by atoms with van der Waals surface area (Å²) in [5.41, 5.74) is 8.48. The van der Waals surface area contributed by atoms with E-state index in [1.54, 1.807) is 0 Å². The summed E-state index contributed by atoms with van der Waals surface area (Å²) >= 11 is 0. The molecule has 76 valence electrons. The van der Waals surface area contributed by atoms with E-state index in [9.17, 15) is 0 Å². The second-order valence-corrected chi connectivity index (χ2v) is 4.25. The first-order valence-electron chi connectivity index (χ1n) is 5.14. The van der Waals surface area contributed by atoms with Crippen LogP contribution >= 0.6 is 0 Å². The molecule has 1 aliphatic rings. The van der Waals surface area contributed by atoms with E-state index >= 15 is 0 Å². The average Bonchev–Trinajstić information content (AvgIpc) is 2.16. The Bertz CT molecular complexity index is 333. The molecule has 0 spiro atoms. The van der Waals surface area contributed by atoms with Crippen molar-refractivity contribution in [1.29, 1.82) is 0 Å². The van der Waals surface area contributed by atoms with E-state index in [1.807, 2.05) is 0 Å². The number of aryl methyl sites for hydroxylation is 1. The van der Waals surface area contributed by atoms with Gasteiger partial charge in [-0.15, -0.1) is 0 Å². The molecule has 2 nitrogen and oxygen atoms in total.